The van der Waals surface area contributed by atoms with Crippen LogP contribution in [0.2, 0.25) is 0 Å². The minimum absolute atomic E-state index is 0.0875. The second kappa shape index (κ2) is 12.1. The number of likely N-dealkylation sites (tertiary alicyclic amines) is 1. The Balaban J connectivity index is 1.40. The third-order valence-corrected chi connectivity index (χ3v) is 12.2. The largest absolute Gasteiger partial charge is 0.461 e. The van der Waals surface area contributed by atoms with Gasteiger partial charge in [0.05, 0.1) is 34.6 Å². The maximum absolute atomic E-state index is 17.1. The van der Waals surface area contributed by atoms with Gasteiger partial charge in [0.1, 0.15) is 23.6 Å². The molecule has 9 nitrogen and oxygen atoms in total. The molecule has 0 radical (unpaired) electrons. The fourth-order valence-electron chi connectivity index (χ4n) is 7.79. The van der Waals surface area contributed by atoms with Gasteiger partial charge in [-0.05, 0) is 117 Å². The monoisotopic (exact) mass is 745 g/mol. The summed E-state index contributed by atoms with van der Waals surface area (Å²) in [5, 5.41) is 17.1. The second-order valence-corrected chi connectivity index (χ2v) is 15.5. The molecule has 1 aliphatic carbocycles. The highest BCUT2D eigenvalue weighted by Gasteiger charge is 2.40. The summed E-state index contributed by atoms with van der Waals surface area (Å²) in [6, 6.07) is 2.36. The topological polar surface area (TPSA) is 92.4 Å². The van der Waals surface area contributed by atoms with Gasteiger partial charge in [0.25, 0.3) is 0 Å². The lowest BCUT2D eigenvalue weighted by atomic mass is 9.92. The van der Waals surface area contributed by atoms with Crippen molar-refractivity contribution in [3.05, 3.63) is 35.4 Å². The van der Waals surface area contributed by atoms with E-state index in [9.17, 15) is 5.11 Å². The maximum atomic E-state index is 17.1. The maximum Gasteiger partial charge on any atom is 0.319 e. The predicted octanol–water partition coefficient (Wildman–Crippen LogP) is 7.15. The van der Waals surface area contributed by atoms with E-state index in [0.29, 0.717) is 55.3 Å². The molecule has 3 aromatic heterocycles. The van der Waals surface area contributed by atoms with Crippen molar-refractivity contribution < 1.29 is 14.2 Å². The summed E-state index contributed by atoms with van der Waals surface area (Å²) >= 11 is 2.33. The molecule has 1 saturated carbocycles. The van der Waals surface area contributed by atoms with Gasteiger partial charge in [-0.2, -0.15) is 15.1 Å². The molecule has 3 aliphatic rings. The molecule has 4 aromatic rings. The molecule has 240 valence electrons. The number of anilines is 1. The van der Waals surface area contributed by atoms with Gasteiger partial charge in [-0.15, -0.1) is 0 Å². The summed E-state index contributed by atoms with van der Waals surface area (Å²) in [5.74, 6) is 0.484. The Kier molecular flexibility index (Phi) is 8.44. The molecule has 2 saturated heterocycles. The molecular formula is C33H42FIN7O2P. The first-order valence-corrected chi connectivity index (χ1v) is 20.3. The normalized spacial score (nSPS) is 24.6. The number of benzene rings is 1. The van der Waals surface area contributed by atoms with Crippen molar-refractivity contribution in [1.29, 1.82) is 0 Å². The zero-order valence-electron chi connectivity index (χ0n) is 26.5. The number of fused-ring (bicyclic) bond motifs is 2. The lowest BCUT2D eigenvalue weighted by Gasteiger charge is -2.38. The van der Waals surface area contributed by atoms with E-state index in [1.807, 2.05) is 22.5 Å². The van der Waals surface area contributed by atoms with Crippen LogP contribution in [0.25, 0.3) is 33.1 Å². The molecule has 3 unspecified atom stereocenters. The second-order valence-electron chi connectivity index (χ2n) is 13.4. The van der Waals surface area contributed by atoms with Crippen molar-refractivity contribution in [2.45, 2.75) is 89.7 Å². The highest BCUT2D eigenvalue weighted by Crippen LogP contribution is 2.50. The molecule has 5 heterocycles. The van der Waals surface area contributed by atoms with Crippen molar-refractivity contribution in [3.63, 3.8) is 0 Å². The SMILES string of the molecule is CCN1CCCC1(CC)COc1nc(N2CCCC(C)(O)C2)c2cnc(-c3c(C4CC4)c(C)cc4c3cnn4PI)c(F)c2n1. The van der Waals surface area contributed by atoms with E-state index in [1.165, 1.54) is 0 Å². The summed E-state index contributed by atoms with van der Waals surface area (Å²) in [4.78, 5) is 19.0. The first-order valence-electron chi connectivity index (χ1n) is 16.3. The van der Waals surface area contributed by atoms with Crippen LogP contribution in [0.3, 0.4) is 0 Å². The quantitative estimate of drug-likeness (QED) is 0.143. The molecular weight excluding hydrogens is 703 g/mol. The van der Waals surface area contributed by atoms with Crippen molar-refractivity contribution in [2.24, 2.45) is 0 Å². The van der Waals surface area contributed by atoms with Crippen LogP contribution in [0, 0.1) is 12.7 Å². The molecule has 0 amide bonds. The number of aliphatic hydroxyl groups is 1. The van der Waals surface area contributed by atoms with Gasteiger partial charge in [0.2, 0.25) is 0 Å². The highest BCUT2D eigenvalue weighted by atomic mass is 127. The van der Waals surface area contributed by atoms with Crippen LogP contribution in [0.1, 0.15) is 82.8 Å². The van der Waals surface area contributed by atoms with Crippen LogP contribution >= 0.6 is 28.4 Å². The number of ether oxygens (including phenoxy) is 1. The minimum atomic E-state index is -0.869. The number of aromatic nitrogens is 5. The third kappa shape index (κ3) is 5.59. The van der Waals surface area contributed by atoms with Crippen LogP contribution in [0.5, 0.6) is 6.01 Å². The number of rotatable bonds is 9. The zero-order chi connectivity index (χ0) is 31.5. The number of halogens is 2. The van der Waals surface area contributed by atoms with E-state index in [2.05, 4.69) is 58.9 Å². The van der Waals surface area contributed by atoms with E-state index in [-0.39, 0.29) is 17.1 Å². The van der Waals surface area contributed by atoms with Gasteiger partial charge in [0.15, 0.2) is 5.82 Å². The average Bonchev–Trinajstić information content (AvgIpc) is 3.65. The molecule has 45 heavy (non-hydrogen) atoms. The van der Waals surface area contributed by atoms with E-state index in [0.717, 1.165) is 79.2 Å². The predicted molar refractivity (Wildman–Crippen MR) is 188 cm³/mol. The molecule has 0 bridgehead atoms. The number of hydrogen-bond donors (Lipinski definition) is 1. The van der Waals surface area contributed by atoms with Crippen molar-refractivity contribution in [3.8, 4) is 17.3 Å². The Morgan fingerprint density at radius 3 is 2.64 bits per heavy atom. The molecule has 3 atom stereocenters. The Bertz CT molecular complexity index is 1760. The van der Waals surface area contributed by atoms with Crippen molar-refractivity contribution in [1.82, 2.24) is 29.4 Å². The first-order chi connectivity index (χ1) is 21.7. The Morgan fingerprint density at radius 2 is 1.93 bits per heavy atom. The summed E-state index contributed by atoms with van der Waals surface area (Å²) in [5.41, 5.74) is 3.66. The first kappa shape index (κ1) is 31.4. The molecule has 0 spiro atoms. The number of hydrogen-bond acceptors (Lipinski definition) is 8. The molecule has 1 N–H and O–H groups in total. The van der Waals surface area contributed by atoms with Crippen LogP contribution in [0.4, 0.5) is 10.2 Å². The fourth-order valence-corrected chi connectivity index (χ4v) is 9.32. The number of piperidine rings is 1. The smallest absolute Gasteiger partial charge is 0.319 e. The van der Waals surface area contributed by atoms with E-state index in [1.54, 1.807) is 6.20 Å². The van der Waals surface area contributed by atoms with E-state index in [4.69, 9.17) is 19.7 Å². The van der Waals surface area contributed by atoms with Crippen LogP contribution in [-0.4, -0.2) is 78.4 Å². The number of β-amino-alcohol motifs (C(OH)–C–C–N with tert-alkyl or cyclic N) is 1. The van der Waals surface area contributed by atoms with Gasteiger partial charge < -0.3 is 14.7 Å². The number of pyridine rings is 1. The highest BCUT2D eigenvalue weighted by molar-refractivity contribution is 14.2. The zero-order valence-corrected chi connectivity index (χ0v) is 29.7. The van der Waals surface area contributed by atoms with Gasteiger partial charge in [0, 0.05) is 30.2 Å². The fraction of sp³-hybridized carbons (Fsp3) is 0.576. The average molecular weight is 746 g/mol. The molecule has 7 rings (SSSR count). The summed E-state index contributed by atoms with van der Waals surface area (Å²) in [7, 11) is 0. The summed E-state index contributed by atoms with van der Waals surface area (Å²) in [6.45, 7) is 11.9. The Hall–Kier alpha value is -2.21. The third-order valence-electron chi connectivity index (χ3n) is 10.3. The van der Waals surface area contributed by atoms with Gasteiger partial charge >= 0.3 is 6.01 Å². The Labute approximate surface area is 278 Å². The van der Waals surface area contributed by atoms with Crippen LogP contribution in [-0.2, 0) is 0 Å². The van der Waals surface area contributed by atoms with E-state index >= 15 is 4.39 Å². The minimum Gasteiger partial charge on any atom is -0.461 e. The lowest BCUT2D eigenvalue weighted by molar-refractivity contribution is 0.0446. The van der Waals surface area contributed by atoms with E-state index < -0.39 is 11.4 Å². The van der Waals surface area contributed by atoms with Gasteiger partial charge in [-0.1, -0.05) is 13.8 Å². The van der Waals surface area contributed by atoms with Gasteiger partial charge in [-0.3, -0.25) is 9.88 Å². The summed E-state index contributed by atoms with van der Waals surface area (Å²) in [6.07, 6.45) is 10.8. The van der Waals surface area contributed by atoms with Gasteiger partial charge in [-0.25, -0.2) is 8.84 Å². The summed E-state index contributed by atoms with van der Waals surface area (Å²) < 4.78 is 25.5. The van der Waals surface area contributed by atoms with Crippen LogP contribution in [0.15, 0.2) is 18.5 Å². The Morgan fingerprint density at radius 1 is 1.13 bits per heavy atom. The molecule has 2 aliphatic heterocycles. The number of aryl methyl sites for hydroxylation is 1. The number of nitrogens with zero attached hydrogens (tertiary/aromatic N) is 7. The molecule has 1 aromatic carbocycles. The standard InChI is InChI=1S/C33H42FIN7O2P/c1-5-33(12-8-14-41(33)6-2)19-44-31-38-28-23(30(39-31)40-13-7-11-32(4,43)18-40)16-36-29(27(28)34)26-22-17-37-42(45-35)24(22)15-20(3)25(26)21-9-10-21/h15-17,21,43,45H,5-14,18-19H2,1-4H3. The molecule has 3 fully saturated rings. The van der Waals surface area contributed by atoms with Crippen LogP contribution < -0.4 is 9.64 Å². The number of likely N-dealkylation sites (N-methyl/N-ethyl adjacent to an activating group) is 1. The lowest BCUT2D eigenvalue weighted by Crippen LogP contribution is -2.48. The van der Waals surface area contributed by atoms with Crippen molar-refractivity contribution >= 4 is 56.0 Å². The van der Waals surface area contributed by atoms with Crippen molar-refractivity contribution in [2.75, 3.05) is 37.7 Å². The molecule has 12 heteroatoms.